The van der Waals surface area contributed by atoms with Crippen LogP contribution in [0.3, 0.4) is 0 Å². The maximum Gasteiger partial charge on any atom is 0.416 e. The zero-order valence-corrected chi connectivity index (χ0v) is 30.3. The number of carbonyl (C=O) groups excluding carboxylic acids is 2. The molecule has 10 nitrogen and oxygen atoms in total. The van der Waals surface area contributed by atoms with Crippen molar-refractivity contribution in [3.63, 3.8) is 0 Å². The number of nitrogens with one attached hydrogen (secondary N) is 6. The van der Waals surface area contributed by atoms with Crippen LogP contribution in [-0.2, 0) is 6.18 Å². The number of carboxylic acids is 1. The van der Waals surface area contributed by atoms with Gasteiger partial charge in [-0.1, -0.05) is 48.5 Å². The highest BCUT2D eigenvalue weighted by atomic mass is 32.2. The summed E-state index contributed by atoms with van der Waals surface area (Å²) in [6.07, 6.45) is -4.41. The van der Waals surface area contributed by atoms with E-state index in [0.29, 0.717) is 22.7 Å². The van der Waals surface area contributed by atoms with Gasteiger partial charge in [-0.15, -0.1) is 0 Å². The first-order chi connectivity index (χ1) is 26.5. The van der Waals surface area contributed by atoms with Gasteiger partial charge in [-0.05, 0) is 133 Å². The van der Waals surface area contributed by atoms with Crippen LogP contribution < -0.4 is 30.7 Å². The monoisotopic (exact) mass is 782 g/mol. The van der Waals surface area contributed by atoms with Gasteiger partial charge in [0.2, 0.25) is 0 Å². The Morgan fingerprint density at radius 3 is 1.29 bits per heavy atom. The van der Waals surface area contributed by atoms with E-state index in [1.807, 2.05) is 72.8 Å². The van der Waals surface area contributed by atoms with Crippen LogP contribution in [-0.4, -0.2) is 23.1 Å². The van der Waals surface area contributed by atoms with Crippen molar-refractivity contribution in [2.45, 2.75) is 16.0 Å². The highest BCUT2D eigenvalue weighted by Crippen LogP contribution is 2.30. The zero-order chi connectivity index (χ0) is 39.0. The number of amides is 4. The van der Waals surface area contributed by atoms with Gasteiger partial charge in [-0.2, -0.15) is 13.2 Å². The first-order valence-electron chi connectivity index (χ1n) is 16.3. The molecule has 0 fully saturated rings. The smallest absolute Gasteiger partial charge is 0.416 e. The van der Waals surface area contributed by atoms with E-state index >= 15 is 0 Å². The standard InChI is InChI=1S/C20H16F3N3OS.C20H17N3O3S/c21-20(22,23)14-6-8-15(9-7-14)24-19(27)25-16-10-12-18(13-11-16)28-26-17-4-2-1-3-5-17;24-19(25)17-8-4-5-9-18(17)23-27-16-12-10-15(11-13-16)22-20(26)21-14-6-2-1-3-7-14/h1-13,26H,(H2,24,25,27);1-13,23H,(H,24,25)(H2,21,22,26). The van der Waals surface area contributed by atoms with Crippen molar-refractivity contribution >= 4 is 76.1 Å². The van der Waals surface area contributed by atoms with E-state index in [0.717, 1.165) is 27.6 Å². The minimum absolute atomic E-state index is 0.209. The molecule has 6 aromatic rings. The SMILES string of the molecule is O=C(Nc1ccc(SNc2ccccc2)cc1)Nc1ccc(C(F)(F)F)cc1.O=C(Nc1ccccc1)Nc1ccc(SNc2ccccc2C(=O)O)cc1. The number of carboxylic acid groups (broad SMARTS) is 1. The van der Waals surface area contributed by atoms with Crippen molar-refractivity contribution in [3.05, 3.63) is 169 Å². The third kappa shape index (κ3) is 13.1. The number of hydrogen-bond donors (Lipinski definition) is 7. The first kappa shape index (κ1) is 39.6. The van der Waals surface area contributed by atoms with Crippen LogP contribution in [0, 0.1) is 0 Å². The fourth-order valence-electron chi connectivity index (χ4n) is 4.56. The van der Waals surface area contributed by atoms with Gasteiger partial charge in [0.15, 0.2) is 0 Å². The molecule has 7 N–H and O–H groups in total. The minimum Gasteiger partial charge on any atom is -0.478 e. The number of carbonyl (C=O) groups is 3. The summed E-state index contributed by atoms with van der Waals surface area (Å²) in [5, 5.41) is 19.8. The van der Waals surface area contributed by atoms with E-state index < -0.39 is 23.7 Å². The van der Waals surface area contributed by atoms with Crippen molar-refractivity contribution in [3.8, 4) is 0 Å². The summed E-state index contributed by atoms with van der Waals surface area (Å²) in [6.45, 7) is 0. The molecule has 0 saturated heterocycles. The lowest BCUT2D eigenvalue weighted by Crippen LogP contribution is -2.19. The average Bonchev–Trinajstić information content (AvgIpc) is 3.18. The second-order valence-corrected chi connectivity index (χ2v) is 13.0. The van der Waals surface area contributed by atoms with Crippen LogP contribution >= 0.6 is 23.9 Å². The molecule has 280 valence electrons. The Bertz CT molecular complexity index is 2160. The Morgan fingerprint density at radius 1 is 0.455 bits per heavy atom. The minimum atomic E-state index is -4.41. The summed E-state index contributed by atoms with van der Waals surface area (Å²) < 4.78 is 43.9. The van der Waals surface area contributed by atoms with E-state index in [1.54, 1.807) is 60.7 Å². The van der Waals surface area contributed by atoms with E-state index in [2.05, 4.69) is 30.7 Å². The highest BCUT2D eigenvalue weighted by molar-refractivity contribution is 8.00. The Labute approximate surface area is 323 Å². The van der Waals surface area contributed by atoms with E-state index in [9.17, 15) is 32.7 Å². The lowest BCUT2D eigenvalue weighted by molar-refractivity contribution is -0.137. The second-order valence-electron chi connectivity index (χ2n) is 11.3. The Balaban J connectivity index is 0.000000211. The summed E-state index contributed by atoms with van der Waals surface area (Å²) in [7, 11) is 0. The molecule has 0 aliphatic rings. The highest BCUT2D eigenvalue weighted by Gasteiger charge is 2.30. The summed E-state index contributed by atoms with van der Waals surface area (Å²) in [4.78, 5) is 37.0. The molecule has 0 aliphatic carbocycles. The molecule has 0 heterocycles. The van der Waals surface area contributed by atoms with E-state index in [-0.39, 0.29) is 17.3 Å². The molecule has 6 aromatic carbocycles. The number of aromatic carboxylic acids is 1. The number of urea groups is 2. The summed E-state index contributed by atoms with van der Waals surface area (Å²) in [6, 6.07) is 43.4. The molecule has 6 rings (SSSR count). The maximum absolute atomic E-state index is 12.5. The molecule has 0 unspecified atom stereocenters. The van der Waals surface area contributed by atoms with Gasteiger partial charge in [-0.25, -0.2) is 14.4 Å². The van der Waals surface area contributed by atoms with Gasteiger partial charge in [0, 0.05) is 38.2 Å². The fraction of sp³-hybridized carbons (Fsp3) is 0.0250. The average molecular weight is 783 g/mol. The van der Waals surface area contributed by atoms with Crippen molar-refractivity contribution in [1.82, 2.24) is 0 Å². The summed E-state index contributed by atoms with van der Waals surface area (Å²) in [5.41, 5.74) is 3.14. The van der Waals surface area contributed by atoms with Crippen LogP contribution in [0.1, 0.15) is 15.9 Å². The van der Waals surface area contributed by atoms with Crippen molar-refractivity contribution in [1.29, 1.82) is 0 Å². The molecular formula is C40H33F3N6O4S2. The van der Waals surface area contributed by atoms with Gasteiger partial charge in [0.1, 0.15) is 0 Å². The van der Waals surface area contributed by atoms with Crippen molar-refractivity contribution < 1.29 is 32.7 Å². The third-order valence-corrected chi connectivity index (χ3v) is 8.90. The number of hydrogen-bond acceptors (Lipinski definition) is 7. The van der Waals surface area contributed by atoms with Crippen LogP contribution in [0.25, 0.3) is 0 Å². The fourth-order valence-corrected chi connectivity index (χ4v) is 5.88. The molecule has 0 spiro atoms. The predicted octanol–water partition coefficient (Wildman–Crippen LogP) is 11.6. The number of alkyl halides is 3. The maximum atomic E-state index is 12.5. The van der Waals surface area contributed by atoms with Gasteiger partial charge in [0.25, 0.3) is 0 Å². The lowest BCUT2D eigenvalue weighted by atomic mass is 10.2. The van der Waals surface area contributed by atoms with Gasteiger partial charge >= 0.3 is 24.2 Å². The quantitative estimate of drug-likeness (QED) is 0.0644. The zero-order valence-electron chi connectivity index (χ0n) is 28.6. The van der Waals surface area contributed by atoms with Crippen molar-refractivity contribution in [2.24, 2.45) is 0 Å². The predicted molar refractivity (Wildman–Crippen MR) is 215 cm³/mol. The molecule has 0 saturated carbocycles. The largest absolute Gasteiger partial charge is 0.478 e. The third-order valence-electron chi connectivity index (χ3n) is 7.22. The molecule has 55 heavy (non-hydrogen) atoms. The van der Waals surface area contributed by atoms with Gasteiger partial charge < -0.3 is 35.8 Å². The van der Waals surface area contributed by atoms with E-state index in [1.165, 1.54) is 36.0 Å². The van der Waals surface area contributed by atoms with Crippen LogP contribution in [0.2, 0.25) is 0 Å². The Hall–Kier alpha value is -6.58. The first-order valence-corrected chi connectivity index (χ1v) is 18.0. The van der Waals surface area contributed by atoms with E-state index in [4.69, 9.17) is 0 Å². The molecule has 0 bridgehead atoms. The molecule has 0 radical (unpaired) electrons. The topological polar surface area (TPSA) is 144 Å². The van der Waals surface area contributed by atoms with Crippen molar-refractivity contribution in [2.75, 3.05) is 30.7 Å². The number of para-hydroxylation sites is 3. The normalized spacial score (nSPS) is 10.5. The van der Waals surface area contributed by atoms with Crippen LogP contribution in [0.5, 0.6) is 0 Å². The number of benzene rings is 6. The molecule has 0 aliphatic heterocycles. The number of rotatable bonds is 11. The Kier molecular flexibility index (Phi) is 14.0. The second kappa shape index (κ2) is 19.5. The molecule has 4 amide bonds. The Morgan fingerprint density at radius 2 is 0.836 bits per heavy atom. The molecule has 0 atom stereocenters. The molecular weight excluding hydrogens is 750 g/mol. The summed E-state index contributed by atoms with van der Waals surface area (Å²) in [5.74, 6) is -0.984. The number of anilines is 6. The van der Waals surface area contributed by atoms with Crippen LogP contribution in [0.15, 0.2) is 168 Å². The lowest BCUT2D eigenvalue weighted by Gasteiger charge is -2.10. The van der Waals surface area contributed by atoms with Crippen LogP contribution in [0.4, 0.5) is 56.9 Å². The molecule has 15 heteroatoms. The van der Waals surface area contributed by atoms with Gasteiger partial charge in [-0.3, -0.25) is 0 Å². The molecule has 0 aromatic heterocycles. The summed E-state index contributed by atoms with van der Waals surface area (Å²) >= 11 is 2.73. The number of halogens is 3. The van der Waals surface area contributed by atoms with Gasteiger partial charge in [0.05, 0.1) is 16.8 Å².